The number of likely N-dealkylation sites (tertiary alicyclic amines) is 1. The Morgan fingerprint density at radius 3 is 2.94 bits per heavy atom. The molecular formula is C11H23N3O2. The van der Waals surface area contributed by atoms with Crippen molar-refractivity contribution >= 4 is 5.91 Å². The van der Waals surface area contributed by atoms with Gasteiger partial charge in [0.1, 0.15) is 0 Å². The quantitative estimate of drug-likeness (QED) is 0.619. The number of hydrogen-bond donors (Lipinski definition) is 2. The lowest BCUT2D eigenvalue weighted by Crippen LogP contribution is -2.49. The number of nitrogens with two attached hydrogens (primary N) is 1. The number of carbonyl (C=O) groups excluding carboxylic acids is 1. The van der Waals surface area contributed by atoms with E-state index in [2.05, 4.69) is 17.1 Å². The van der Waals surface area contributed by atoms with Crippen LogP contribution in [-0.4, -0.2) is 56.7 Å². The average Bonchev–Trinajstić information content (AvgIpc) is 2.16. The molecule has 5 nitrogen and oxygen atoms in total. The molecule has 0 radical (unpaired) electrons. The molecule has 1 rings (SSSR count). The number of methoxy groups -OCH3 is 1. The smallest absolute Gasteiger partial charge is 0.234 e. The zero-order valence-corrected chi connectivity index (χ0v) is 10.2. The number of carbonyl (C=O) groups is 1. The van der Waals surface area contributed by atoms with Gasteiger partial charge in [0.25, 0.3) is 0 Å². The molecule has 16 heavy (non-hydrogen) atoms. The van der Waals surface area contributed by atoms with E-state index in [1.807, 2.05) is 0 Å². The van der Waals surface area contributed by atoms with Crippen LogP contribution in [0.4, 0.5) is 0 Å². The van der Waals surface area contributed by atoms with E-state index in [1.54, 1.807) is 7.11 Å². The fourth-order valence-corrected chi connectivity index (χ4v) is 2.19. The summed E-state index contributed by atoms with van der Waals surface area (Å²) in [5.41, 5.74) is 5.92. The minimum atomic E-state index is 0.0540. The van der Waals surface area contributed by atoms with Crippen molar-refractivity contribution in [3.8, 4) is 0 Å². The van der Waals surface area contributed by atoms with Crippen LogP contribution in [0.1, 0.15) is 13.3 Å². The first kappa shape index (κ1) is 13.4. The predicted octanol–water partition coefficient (Wildman–Crippen LogP) is -0.582. The van der Waals surface area contributed by atoms with Crippen molar-refractivity contribution in [2.45, 2.75) is 19.4 Å². The van der Waals surface area contributed by atoms with E-state index in [1.165, 1.54) is 0 Å². The topological polar surface area (TPSA) is 67.6 Å². The Bertz CT molecular complexity index is 213. The van der Waals surface area contributed by atoms with E-state index < -0.39 is 0 Å². The Kier molecular flexibility index (Phi) is 5.73. The first-order chi connectivity index (χ1) is 7.61. The van der Waals surface area contributed by atoms with Crippen LogP contribution in [0.15, 0.2) is 0 Å². The summed E-state index contributed by atoms with van der Waals surface area (Å²) in [6.45, 7) is 5.54. The molecular weight excluding hydrogens is 206 g/mol. The third-order valence-corrected chi connectivity index (χ3v) is 2.76. The van der Waals surface area contributed by atoms with Gasteiger partial charge < -0.3 is 15.8 Å². The average molecular weight is 229 g/mol. The third-order valence-electron chi connectivity index (χ3n) is 2.76. The number of amides is 1. The summed E-state index contributed by atoms with van der Waals surface area (Å²) in [5, 5.41) is 2.81. The van der Waals surface area contributed by atoms with E-state index in [-0.39, 0.29) is 11.9 Å². The molecule has 0 saturated carbocycles. The molecule has 1 aliphatic heterocycles. The zero-order valence-electron chi connectivity index (χ0n) is 10.2. The normalized spacial score (nSPS) is 26.7. The molecule has 1 heterocycles. The molecule has 0 aromatic carbocycles. The zero-order chi connectivity index (χ0) is 12.0. The second-order valence-electron chi connectivity index (χ2n) is 4.64. The first-order valence-corrected chi connectivity index (χ1v) is 5.85. The van der Waals surface area contributed by atoms with Gasteiger partial charge in [-0.15, -0.1) is 0 Å². The van der Waals surface area contributed by atoms with Crippen LogP contribution in [-0.2, 0) is 9.53 Å². The van der Waals surface area contributed by atoms with Crippen LogP contribution in [0.25, 0.3) is 0 Å². The molecule has 0 bridgehead atoms. The van der Waals surface area contributed by atoms with Gasteiger partial charge in [-0.3, -0.25) is 9.69 Å². The van der Waals surface area contributed by atoms with Crippen molar-refractivity contribution in [1.29, 1.82) is 0 Å². The van der Waals surface area contributed by atoms with Crippen molar-refractivity contribution in [3.63, 3.8) is 0 Å². The number of hydrogen-bond acceptors (Lipinski definition) is 4. The Hall–Kier alpha value is -0.650. The summed E-state index contributed by atoms with van der Waals surface area (Å²) in [6, 6.07) is 0.204. The van der Waals surface area contributed by atoms with E-state index >= 15 is 0 Å². The largest absolute Gasteiger partial charge is 0.383 e. The molecule has 1 fully saturated rings. The lowest BCUT2D eigenvalue weighted by Gasteiger charge is -2.34. The van der Waals surface area contributed by atoms with E-state index in [0.29, 0.717) is 25.6 Å². The molecule has 2 atom stereocenters. The van der Waals surface area contributed by atoms with E-state index in [9.17, 15) is 4.79 Å². The maximum atomic E-state index is 11.6. The van der Waals surface area contributed by atoms with Crippen LogP contribution >= 0.6 is 0 Å². The number of ether oxygens (including phenoxy) is 1. The van der Waals surface area contributed by atoms with Crippen LogP contribution in [0.2, 0.25) is 0 Å². The van der Waals surface area contributed by atoms with Gasteiger partial charge in [-0.1, -0.05) is 6.92 Å². The summed E-state index contributed by atoms with van der Waals surface area (Å²) in [4.78, 5) is 13.7. The van der Waals surface area contributed by atoms with Gasteiger partial charge in [0.05, 0.1) is 13.2 Å². The molecule has 3 N–H and O–H groups in total. The van der Waals surface area contributed by atoms with E-state index in [0.717, 1.165) is 19.5 Å². The van der Waals surface area contributed by atoms with Gasteiger partial charge in [-0.25, -0.2) is 0 Å². The van der Waals surface area contributed by atoms with Gasteiger partial charge in [-0.05, 0) is 12.3 Å². The SMILES string of the molecule is COCCNC(=O)CN1CC(C)CC(N)C1. The summed E-state index contributed by atoms with van der Waals surface area (Å²) >= 11 is 0. The highest BCUT2D eigenvalue weighted by Crippen LogP contribution is 2.14. The first-order valence-electron chi connectivity index (χ1n) is 5.85. The fourth-order valence-electron chi connectivity index (χ4n) is 2.19. The van der Waals surface area contributed by atoms with E-state index in [4.69, 9.17) is 10.5 Å². The maximum Gasteiger partial charge on any atom is 0.234 e. The van der Waals surface area contributed by atoms with Crippen LogP contribution in [0, 0.1) is 5.92 Å². The third kappa shape index (κ3) is 4.92. The van der Waals surface area contributed by atoms with Crippen LogP contribution in [0.3, 0.4) is 0 Å². The highest BCUT2D eigenvalue weighted by molar-refractivity contribution is 5.78. The van der Waals surface area contributed by atoms with Crippen molar-refractivity contribution in [1.82, 2.24) is 10.2 Å². The van der Waals surface area contributed by atoms with Crippen molar-refractivity contribution in [3.05, 3.63) is 0 Å². The van der Waals surface area contributed by atoms with Gasteiger partial charge in [-0.2, -0.15) is 0 Å². The fraction of sp³-hybridized carbons (Fsp3) is 0.909. The molecule has 0 aliphatic carbocycles. The summed E-state index contributed by atoms with van der Waals surface area (Å²) in [5.74, 6) is 0.633. The molecule has 0 aromatic rings. The minimum Gasteiger partial charge on any atom is -0.383 e. The summed E-state index contributed by atoms with van der Waals surface area (Å²) in [7, 11) is 1.62. The highest BCUT2D eigenvalue weighted by Gasteiger charge is 2.23. The second-order valence-corrected chi connectivity index (χ2v) is 4.64. The molecule has 0 spiro atoms. The van der Waals surface area contributed by atoms with Crippen molar-refractivity contribution in [2.75, 3.05) is 39.9 Å². The molecule has 94 valence electrons. The molecule has 5 heteroatoms. The summed E-state index contributed by atoms with van der Waals surface area (Å²) < 4.78 is 4.87. The Balaban J connectivity index is 2.22. The number of piperidine rings is 1. The molecule has 1 saturated heterocycles. The van der Waals surface area contributed by atoms with Crippen LogP contribution in [0.5, 0.6) is 0 Å². The number of nitrogens with zero attached hydrogens (tertiary/aromatic N) is 1. The monoisotopic (exact) mass is 229 g/mol. The maximum absolute atomic E-state index is 11.6. The Labute approximate surface area is 97.3 Å². The predicted molar refractivity (Wildman–Crippen MR) is 63.1 cm³/mol. The van der Waals surface area contributed by atoms with Crippen LogP contribution < -0.4 is 11.1 Å². The number of rotatable bonds is 5. The Morgan fingerprint density at radius 2 is 2.31 bits per heavy atom. The molecule has 1 amide bonds. The molecule has 0 aromatic heterocycles. The van der Waals surface area contributed by atoms with Crippen molar-refractivity contribution in [2.24, 2.45) is 11.7 Å². The second kappa shape index (κ2) is 6.83. The Morgan fingerprint density at radius 1 is 1.56 bits per heavy atom. The lowest BCUT2D eigenvalue weighted by molar-refractivity contribution is -0.122. The highest BCUT2D eigenvalue weighted by atomic mass is 16.5. The number of nitrogens with one attached hydrogen (secondary N) is 1. The lowest BCUT2D eigenvalue weighted by atomic mass is 9.97. The molecule has 2 unspecified atom stereocenters. The van der Waals surface area contributed by atoms with Crippen molar-refractivity contribution < 1.29 is 9.53 Å². The van der Waals surface area contributed by atoms with Gasteiger partial charge in [0.15, 0.2) is 0 Å². The standard InChI is InChI=1S/C11H23N3O2/c1-9-5-10(12)7-14(6-9)8-11(15)13-3-4-16-2/h9-10H,3-8,12H2,1-2H3,(H,13,15). The van der Waals surface area contributed by atoms with Gasteiger partial charge >= 0.3 is 0 Å². The summed E-state index contributed by atoms with van der Waals surface area (Å²) in [6.07, 6.45) is 1.06. The minimum absolute atomic E-state index is 0.0540. The molecule has 1 aliphatic rings. The van der Waals surface area contributed by atoms with Gasteiger partial charge in [0.2, 0.25) is 5.91 Å². The van der Waals surface area contributed by atoms with Gasteiger partial charge in [0, 0.05) is 32.8 Å².